The van der Waals surface area contributed by atoms with Crippen molar-refractivity contribution in [2.45, 2.75) is 19.3 Å². The van der Waals surface area contributed by atoms with E-state index in [0.717, 1.165) is 29.5 Å². The minimum atomic E-state index is -0.0306. The first-order chi connectivity index (χ1) is 10.7. The van der Waals surface area contributed by atoms with E-state index >= 15 is 0 Å². The van der Waals surface area contributed by atoms with Crippen molar-refractivity contribution in [3.05, 3.63) is 64.1 Å². The van der Waals surface area contributed by atoms with Gasteiger partial charge in [-0.05, 0) is 65.0 Å². The molecule has 2 rings (SSSR count). The van der Waals surface area contributed by atoms with Crippen molar-refractivity contribution in [2.75, 3.05) is 13.7 Å². The Morgan fingerprint density at radius 3 is 2.50 bits per heavy atom. The summed E-state index contributed by atoms with van der Waals surface area (Å²) in [4.78, 5) is 12.0. The van der Waals surface area contributed by atoms with Crippen LogP contribution in [0.5, 0.6) is 5.75 Å². The molecule has 0 bridgehead atoms. The van der Waals surface area contributed by atoms with Crippen LogP contribution in [0.3, 0.4) is 0 Å². The maximum atomic E-state index is 12.0. The van der Waals surface area contributed by atoms with E-state index in [2.05, 4.69) is 33.4 Å². The molecule has 0 radical (unpaired) electrons. The van der Waals surface area contributed by atoms with Gasteiger partial charge in [0.05, 0.1) is 12.7 Å². The average Bonchev–Trinajstić information content (AvgIpc) is 2.55. The maximum absolute atomic E-state index is 12.0. The number of amides is 1. The number of carbonyl (C=O) groups is 1. The minimum absolute atomic E-state index is 0.0306. The first kappa shape index (κ1) is 16.6. The molecule has 0 atom stereocenters. The van der Waals surface area contributed by atoms with E-state index in [-0.39, 0.29) is 5.91 Å². The third-order valence-electron chi connectivity index (χ3n) is 3.46. The van der Waals surface area contributed by atoms with E-state index in [1.165, 1.54) is 5.56 Å². The Bertz CT molecular complexity index is 611. The van der Waals surface area contributed by atoms with Gasteiger partial charge in [0.15, 0.2) is 0 Å². The van der Waals surface area contributed by atoms with E-state index < -0.39 is 0 Å². The molecule has 0 fully saturated rings. The first-order valence-corrected chi connectivity index (χ1v) is 8.15. The van der Waals surface area contributed by atoms with Crippen molar-refractivity contribution < 1.29 is 9.53 Å². The number of nitrogens with one attached hydrogen (secondary N) is 1. The molecule has 0 aliphatic carbocycles. The number of carbonyl (C=O) groups excluding carboxylic acids is 1. The lowest BCUT2D eigenvalue weighted by molar-refractivity contribution is 0.0952. The zero-order valence-corrected chi connectivity index (χ0v) is 14.2. The highest BCUT2D eigenvalue weighted by molar-refractivity contribution is 9.10. The van der Waals surface area contributed by atoms with Crippen molar-refractivity contribution in [3.63, 3.8) is 0 Å². The summed E-state index contributed by atoms with van der Waals surface area (Å²) in [6, 6.07) is 15.6. The van der Waals surface area contributed by atoms with Crippen molar-refractivity contribution in [2.24, 2.45) is 0 Å². The zero-order chi connectivity index (χ0) is 15.8. The van der Waals surface area contributed by atoms with Crippen LogP contribution in [0.15, 0.2) is 53.0 Å². The van der Waals surface area contributed by atoms with Crippen molar-refractivity contribution in [1.82, 2.24) is 5.32 Å². The summed E-state index contributed by atoms with van der Waals surface area (Å²) in [5.41, 5.74) is 1.97. The maximum Gasteiger partial charge on any atom is 0.252 e. The molecule has 0 aromatic heterocycles. The van der Waals surface area contributed by atoms with Crippen LogP contribution in [0.2, 0.25) is 0 Å². The Kier molecular flexibility index (Phi) is 6.46. The number of aryl methyl sites for hydroxylation is 1. The predicted molar refractivity (Wildman–Crippen MR) is 92.4 cm³/mol. The molecule has 0 heterocycles. The van der Waals surface area contributed by atoms with Gasteiger partial charge in [-0.2, -0.15) is 0 Å². The van der Waals surface area contributed by atoms with E-state index in [1.54, 1.807) is 7.11 Å². The standard InChI is InChI=1S/C18H20BrNO2/c1-22-15-11-9-14(10-12-15)6-4-5-13-20-18(21)16-7-2-3-8-17(16)19/h2-3,7-12H,4-6,13H2,1H3,(H,20,21). The Balaban J connectivity index is 1.68. The lowest BCUT2D eigenvalue weighted by Gasteiger charge is -2.07. The van der Waals surface area contributed by atoms with E-state index in [9.17, 15) is 4.79 Å². The number of halogens is 1. The molecule has 1 N–H and O–H groups in total. The van der Waals surface area contributed by atoms with Crippen LogP contribution in [0.4, 0.5) is 0 Å². The van der Waals surface area contributed by atoms with Crippen LogP contribution in [0.25, 0.3) is 0 Å². The molecule has 116 valence electrons. The third kappa shape index (κ3) is 4.88. The molecule has 0 saturated heterocycles. The molecule has 0 aliphatic rings. The van der Waals surface area contributed by atoms with Crippen LogP contribution in [0.1, 0.15) is 28.8 Å². The second-order valence-corrected chi connectivity index (χ2v) is 5.90. The number of unbranched alkanes of at least 4 members (excludes halogenated alkanes) is 1. The van der Waals surface area contributed by atoms with Gasteiger partial charge in [-0.15, -0.1) is 0 Å². The normalized spacial score (nSPS) is 10.3. The van der Waals surface area contributed by atoms with Gasteiger partial charge in [-0.25, -0.2) is 0 Å². The number of hydrogen-bond acceptors (Lipinski definition) is 2. The van der Waals surface area contributed by atoms with Crippen LogP contribution in [-0.2, 0) is 6.42 Å². The highest BCUT2D eigenvalue weighted by Gasteiger charge is 2.07. The quantitative estimate of drug-likeness (QED) is 0.750. The summed E-state index contributed by atoms with van der Waals surface area (Å²) in [5, 5.41) is 2.96. The second-order valence-electron chi connectivity index (χ2n) is 5.04. The van der Waals surface area contributed by atoms with Gasteiger partial charge in [-0.1, -0.05) is 24.3 Å². The van der Waals surface area contributed by atoms with E-state index in [0.29, 0.717) is 12.1 Å². The van der Waals surface area contributed by atoms with Gasteiger partial charge in [0.2, 0.25) is 0 Å². The fraction of sp³-hybridized carbons (Fsp3) is 0.278. The van der Waals surface area contributed by atoms with Gasteiger partial charge >= 0.3 is 0 Å². The lowest BCUT2D eigenvalue weighted by atomic mass is 10.1. The molecule has 0 spiro atoms. The smallest absolute Gasteiger partial charge is 0.252 e. The first-order valence-electron chi connectivity index (χ1n) is 7.36. The van der Waals surface area contributed by atoms with Crippen molar-refractivity contribution in [3.8, 4) is 5.75 Å². The number of hydrogen-bond donors (Lipinski definition) is 1. The molecule has 22 heavy (non-hydrogen) atoms. The molecular weight excluding hydrogens is 342 g/mol. The van der Waals surface area contributed by atoms with Crippen molar-refractivity contribution >= 4 is 21.8 Å². The van der Waals surface area contributed by atoms with E-state index in [1.807, 2.05) is 36.4 Å². The average molecular weight is 362 g/mol. The fourth-order valence-corrected chi connectivity index (χ4v) is 2.65. The summed E-state index contributed by atoms with van der Waals surface area (Å²) in [5.74, 6) is 0.848. The number of rotatable bonds is 7. The Labute approximate surface area is 139 Å². The topological polar surface area (TPSA) is 38.3 Å². The zero-order valence-electron chi connectivity index (χ0n) is 12.6. The minimum Gasteiger partial charge on any atom is -0.497 e. The fourth-order valence-electron chi connectivity index (χ4n) is 2.19. The number of benzene rings is 2. The summed E-state index contributed by atoms with van der Waals surface area (Å²) in [7, 11) is 1.67. The van der Waals surface area contributed by atoms with Gasteiger partial charge in [0.1, 0.15) is 5.75 Å². The predicted octanol–water partition coefficient (Wildman–Crippen LogP) is 4.21. The molecule has 0 saturated carbocycles. The van der Waals surface area contributed by atoms with Gasteiger partial charge in [0, 0.05) is 11.0 Å². The second kappa shape index (κ2) is 8.59. The molecule has 4 heteroatoms. The molecule has 0 aliphatic heterocycles. The van der Waals surface area contributed by atoms with Gasteiger partial charge < -0.3 is 10.1 Å². The Hall–Kier alpha value is -1.81. The number of methoxy groups -OCH3 is 1. The summed E-state index contributed by atoms with van der Waals surface area (Å²) >= 11 is 3.39. The third-order valence-corrected chi connectivity index (χ3v) is 4.15. The van der Waals surface area contributed by atoms with Gasteiger partial charge in [-0.3, -0.25) is 4.79 Å². The summed E-state index contributed by atoms with van der Waals surface area (Å²) in [6.45, 7) is 0.691. The van der Waals surface area contributed by atoms with Crippen molar-refractivity contribution in [1.29, 1.82) is 0 Å². The van der Waals surface area contributed by atoms with Crippen LogP contribution in [0, 0.1) is 0 Å². The largest absolute Gasteiger partial charge is 0.497 e. The highest BCUT2D eigenvalue weighted by atomic mass is 79.9. The Morgan fingerprint density at radius 1 is 1.09 bits per heavy atom. The SMILES string of the molecule is COc1ccc(CCCCNC(=O)c2ccccc2Br)cc1. The molecular formula is C18H20BrNO2. The molecule has 0 unspecified atom stereocenters. The van der Waals surface area contributed by atoms with Crippen LogP contribution >= 0.6 is 15.9 Å². The Morgan fingerprint density at radius 2 is 1.82 bits per heavy atom. The monoisotopic (exact) mass is 361 g/mol. The number of ether oxygens (including phenoxy) is 1. The summed E-state index contributed by atoms with van der Waals surface area (Å²) < 4.78 is 5.96. The lowest BCUT2D eigenvalue weighted by Crippen LogP contribution is -2.24. The highest BCUT2D eigenvalue weighted by Crippen LogP contribution is 2.15. The van der Waals surface area contributed by atoms with Crippen LogP contribution in [-0.4, -0.2) is 19.6 Å². The molecule has 1 amide bonds. The molecule has 3 nitrogen and oxygen atoms in total. The molecule has 2 aromatic rings. The van der Waals surface area contributed by atoms with Gasteiger partial charge in [0.25, 0.3) is 5.91 Å². The molecule has 2 aromatic carbocycles. The summed E-state index contributed by atoms with van der Waals surface area (Å²) in [6.07, 6.45) is 3.01. The van der Waals surface area contributed by atoms with Crippen LogP contribution < -0.4 is 10.1 Å². The van der Waals surface area contributed by atoms with E-state index in [4.69, 9.17) is 4.74 Å².